The maximum Gasteiger partial charge on any atom is 0.511 e. The fourth-order valence-electron chi connectivity index (χ4n) is 2.73. The molecule has 1 aromatic rings. The van der Waals surface area contributed by atoms with Gasteiger partial charge in [0, 0.05) is 13.2 Å². The van der Waals surface area contributed by atoms with Crippen molar-refractivity contribution in [3.63, 3.8) is 0 Å². The van der Waals surface area contributed by atoms with Crippen LogP contribution in [0.2, 0.25) is 0 Å². The van der Waals surface area contributed by atoms with Crippen molar-refractivity contribution >= 4 is 6.16 Å². The minimum atomic E-state index is -1.42. The molecule has 0 atom stereocenters. The number of carboxylic acid groups (broad SMARTS) is 1. The summed E-state index contributed by atoms with van der Waals surface area (Å²) < 4.78 is 10.2. The van der Waals surface area contributed by atoms with Crippen molar-refractivity contribution in [3.8, 4) is 11.5 Å². The van der Waals surface area contributed by atoms with Crippen LogP contribution in [0, 0.1) is 0 Å². The summed E-state index contributed by atoms with van der Waals surface area (Å²) >= 11 is 0. The van der Waals surface area contributed by atoms with Gasteiger partial charge in [0.2, 0.25) is 0 Å². The molecule has 0 bridgehead atoms. The summed E-state index contributed by atoms with van der Waals surface area (Å²) in [5.41, 5.74) is 0.731. The highest BCUT2D eigenvalue weighted by atomic mass is 16.7. The molecule has 0 aromatic heterocycles. The Hall–Kier alpha value is -1.75. The van der Waals surface area contributed by atoms with Crippen LogP contribution >= 0.6 is 0 Å². The van der Waals surface area contributed by atoms with E-state index in [4.69, 9.17) is 9.84 Å². The van der Waals surface area contributed by atoms with Crippen molar-refractivity contribution in [2.24, 2.45) is 0 Å². The molecule has 0 aliphatic heterocycles. The summed E-state index contributed by atoms with van der Waals surface area (Å²) in [5, 5.41) is 18.6. The summed E-state index contributed by atoms with van der Waals surface area (Å²) in [7, 11) is 0. The number of para-hydroxylation sites is 1. The van der Waals surface area contributed by atoms with Crippen molar-refractivity contribution in [1.29, 1.82) is 0 Å². The average molecular weight is 352 g/mol. The number of unbranched alkanes of at least 4 members (excludes halogenated alkanes) is 7. The standard InChI is InChI=1S/C20H32O5/c1-2-3-4-9-15-24-16-10-7-5-6-8-12-17-13-11-14-18(19(17)21)25-20(22)23/h11,13-14,21H,2-10,12,15-16H2,1H3,(H,22,23). The molecule has 0 saturated carbocycles. The molecule has 1 rings (SSSR count). The molecule has 0 aliphatic carbocycles. The highest BCUT2D eigenvalue weighted by Crippen LogP contribution is 2.31. The molecule has 5 heteroatoms. The lowest BCUT2D eigenvalue weighted by molar-refractivity contribution is 0.125. The highest BCUT2D eigenvalue weighted by Gasteiger charge is 2.10. The van der Waals surface area contributed by atoms with Crippen molar-refractivity contribution in [1.82, 2.24) is 0 Å². The Labute approximate surface area is 151 Å². The molecule has 25 heavy (non-hydrogen) atoms. The van der Waals surface area contributed by atoms with Crippen molar-refractivity contribution < 1.29 is 24.5 Å². The third-order valence-corrected chi connectivity index (χ3v) is 4.16. The zero-order valence-electron chi connectivity index (χ0n) is 15.3. The van der Waals surface area contributed by atoms with Gasteiger partial charge in [-0.1, -0.05) is 57.6 Å². The molecule has 0 unspecified atom stereocenters. The Morgan fingerprint density at radius 2 is 1.60 bits per heavy atom. The van der Waals surface area contributed by atoms with Gasteiger partial charge in [-0.3, -0.25) is 0 Å². The molecule has 0 aliphatic rings. The average Bonchev–Trinajstić information content (AvgIpc) is 2.58. The second kappa shape index (κ2) is 13.5. The molecule has 2 N–H and O–H groups in total. The van der Waals surface area contributed by atoms with E-state index in [1.165, 1.54) is 31.7 Å². The number of phenolic OH excluding ortho intramolecular Hbond substituents is 1. The predicted molar refractivity (Wildman–Crippen MR) is 98.5 cm³/mol. The number of aromatic hydroxyl groups is 1. The van der Waals surface area contributed by atoms with E-state index in [1.807, 2.05) is 0 Å². The maximum atomic E-state index is 10.6. The lowest BCUT2D eigenvalue weighted by Crippen LogP contribution is -2.03. The second-order valence-corrected chi connectivity index (χ2v) is 6.32. The SMILES string of the molecule is CCCCCCOCCCCCCCc1cccc(OC(=O)O)c1O. The van der Waals surface area contributed by atoms with E-state index in [2.05, 4.69) is 11.7 Å². The smallest absolute Gasteiger partial charge is 0.504 e. The van der Waals surface area contributed by atoms with Crippen LogP contribution in [0.1, 0.15) is 70.3 Å². The predicted octanol–water partition coefficient (Wildman–Crippen LogP) is 5.54. The van der Waals surface area contributed by atoms with Crippen LogP contribution in [0.15, 0.2) is 18.2 Å². The third-order valence-electron chi connectivity index (χ3n) is 4.16. The van der Waals surface area contributed by atoms with E-state index in [0.29, 0.717) is 0 Å². The zero-order valence-corrected chi connectivity index (χ0v) is 15.3. The topological polar surface area (TPSA) is 76.0 Å². The van der Waals surface area contributed by atoms with Gasteiger partial charge in [0.15, 0.2) is 11.5 Å². The number of ether oxygens (including phenoxy) is 2. The lowest BCUT2D eigenvalue weighted by atomic mass is 10.0. The van der Waals surface area contributed by atoms with Crippen LogP contribution in [-0.2, 0) is 11.2 Å². The fourth-order valence-corrected chi connectivity index (χ4v) is 2.73. The number of phenols is 1. The molecular formula is C20H32O5. The van der Waals surface area contributed by atoms with Gasteiger partial charge in [-0.25, -0.2) is 4.79 Å². The quantitative estimate of drug-likeness (QED) is 0.261. The molecule has 142 valence electrons. The first-order valence-electron chi connectivity index (χ1n) is 9.44. The van der Waals surface area contributed by atoms with Crippen LogP contribution < -0.4 is 4.74 Å². The number of carbonyl (C=O) groups is 1. The van der Waals surface area contributed by atoms with Crippen LogP contribution in [0.3, 0.4) is 0 Å². The molecule has 0 amide bonds. The Bertz CT molecular complexity index is 487. The van der Waals surface area contributed by atoms with Gasteiger partial charge in [0.25, 0.3) is 0 Å². The molecule has 0 heterocycles. The first-order chi connectivity index (χ1) is 12.1. The van der Waals surface area contributed by atoms with Crippen LogP contribution in [0.25, 0.3) is 0 Å². The first-order valence-corrected chi connectivity index (χ1v) is 9.44. The van der Waals surface area contributed by atoms with Crippen molar-refractivity contribution in [2.75, 3.05) is 13.2 Å². The summed E-state index contributed by atoms with van der Waals surface area (Å²) in [6.07, 6.45) is 9.73. The summed E-state index contributed by atoms with van der Waals surface area (Å²) in [6, 6.07) is 4.96. The Kier molecular flexibility index (Phi) is 11.5. The number of benzene rings is 1. The van der Waals surface area contributed by atoms with Gasteiger partial charge in [0.05, 0.1) is 0 Å². The van der Waals surface area contributed by atoms with Crippen molar-refractivity contribution in [3.05, 3.63) is 23.8 Å². The summed E-state index contributed by atoms with van der Waals surface area (Å²) in [5.74, 6) is -0.0672. The fraction of sp³-hybridized carbons (Fsp3) is 0.650. The number of hydrogen-bond donors (Lipinski definition) is 2. The first kappa shape index (κ1) is 21.3. The number of hydrogen-bond acceptors (Lipinski definition) is 4. The van der Waals surface area contributed by atoms with Gasteiger partial charge in [-0.15, -0.1) is 0 Å². The number of aryl methyl sites for hydroxylation is 1. The van der Waals surface area contributed by atoms with E-state index in [1.54, 1.807) is 12.1 Å². The minimum Gasteiger partial charge on any atom is -0.504 e. The van der Waals surface area contributed by atoms with Crippen LogP contribution in [-0.4, -0.2) is 29.6 Å². The summed E-state index contributed by atoms with van der Waals surface area (Å²) in [4.78, 5) is 10.6. The van der Waals surface area contributed by atoms with E-state index >= 15 is 0 Å². The van der Waals surface area contributed by atoms with Crippen LogP contribution in [0.4, 0.5) is 4.79 Å². The molecule has 5 nitrogen and oxygen atoms in total. The van der Waals surface area contributed by atoms with Gasteiger partial charge in [-0.05, 0) is 37.3 Å². The Morgan fingerprint density at radius 1 is 0.960 bits per heavy atom. The summed E-state index contributed by atoms with van der Waals surface area (Å²) in [6.45, 7) is 3.94. The van der Waals surface area contributed by atoms with E-state index in [9.17, 15) is 9.90 Å². The highest BCUT2D eigenvalue weighted by molar-refractivity contribution is 5.63. The zero-order chi connectivity index (χ0) is 18.3. The normalized spacial score (nSPS) is 10.8. The third kappa shape index (κ3) is 9.97. The molecule has 0 saturated heterocycles. The monoisotopic (exact) mass is 352 g/mol. The number of rotatable bonds is 14. The van der Waals surface area contributed by atoms with Gasteiger partial charge in [-0.2, -0.15) is 0 Å². The molecular weight excluding hydrogens is 320 g/mol. The molecule has 0 radical (unpaired) electrons. The van der Waals surface area contributed by atoms with Gasteiger partial charge in [0.1, 0.15) is 0 Å². The molecule has 0 spiro atoms. The van der Waals surface area contributed by atoms with Crippen molar-refractivity contribution in [2.45, 2.75) is 71.1 Å². The van der Waals surface area contributed by atoms with Gasteiger partial charge >= 0.3 is 6.16 Å². The van der Waals surface area contributed by atoms with E-state index < -0.39 is 6.16 Å². The van der Waals surface area contributed by atoms with Gasteiger partial charge < -0.3 is 19.7 Å². The molecule has 0 fully saturated rings. The minimum absolute atomic E-state index is 0.00101. The lowest BCUT2D eigenvalue weighted by Gasteiger charge is -2.08. The molecule has 1 aromatic carbocycles. The largest absolute Gasteiger partial charge is 0.511 e. The second-order valence-electron chi connectivity index (χ2n) is 6.32. The maximum absolute atomic E-state index is 10.6. The Morgan fingerprint density at radius 3 is 2.28 bits per heavy atom. The van der Waals surface area contributed by atoms with Crippen LogP contribution in [0.5, 0.6) is 11.5 Å². The Balaban J connectivity index is 2.06. The van der Waals surface area contributed by atoms with E-state index in [0.717, 1.165) is 57.3 Å². The van der Waals surface area contributed by atoms with E-state index in [-0.39, 0.29) is 11.5 Å².